The summed E-state index contributed by atoms with van der Waals surface area (Å²) in [5.41, 5.74) is 8.52. The molecule has 0 bridgehead atoms. The van der Waals surface area contributed by atoms with Crippen molar-refractivity contribution in [2.24, 2.45) is 7.05 Å². The summed E-state index contributed by atoms with van der Waals surface area (Å²) in [5, 5.41) is 4.70. The zero-order valence-electron chi connectivity index (χ0n) is 11.4. The Balaban J connectivity index is 1.94. The second-order valence-electron chi connectivity index (χ2n) is 4.55. The van der Waals surface area contributed by atoms with Crippen LogP contribution in [-0.2, 0) is 29.6 Å². The van der Waals surface area contributed by atoms with Crippen LogP contribution < -0.4 is 5.73 Å². The third-order valence-electron chi connectivity index (χ3n) is 2.96. The number of anilines is 1. The molecule has 0 atom stereocenters. The average molecular weight is 294 g/mol. The standard InChI is InChI=1S/C14H16ClN3O2/c1-9-14(15)12(18(2)17-9)8-20-13(19)7-10-3-5-11(16)6-4-10/h3-6H,7-8,16H2,1-2H3. The smallest absolute Gasteiger partial charge is 0.310 e. The SMILES string of the molecule is Cc1nn(C)c(COC(=O)Cc2ccc(N)cc2)c1Cl. The predicted octanol–water partition coefficient (Wildman–Crippen LogP) is 2.25. The first-order valence-electron chi connectivity index (χ1n) is 6.15. The minimum Gasteiger partial charge on any atom is -0.459 e. The molecule has 0 radical (unpaired) electrons. The van der Waals surface area contributed by atoms with E-state index in [1.807, 2.05) is 6.92 Å². The second-order valence-corrected chi connectivity index (χ2v) is 4.93. The molecule has 0 amide bonds. The Morgan fingerprint density at radius 2 is 2.05 bits per heavy atom. The summed E-state index contributed by atoms with van der Waals surface area (Å²) in [7, 11) is 1.77. The van der Waals surface area contributed by atoms with E-state index in [1.165, 1.54) is 0 Å². The molecular weight excluding hydrogens is 278 g/mol. The van der Waals surface area contributed by atoms with Crippen LogP contribution in [0, 0.1) is 6.92 Å². The van der Waals surface area contributed by atoms with Gasteiger partial charge in [-0.3, -0.25) is 9.48 Å². The van der Waals surface area contributed by atoms with Crippen LogP contribution in [0.5, 0.6) is 0 Å². The van der Waals surface area contributed by atoms with Crippen molar-refractivity contribution >= 4 is 23.3 Å². The van der Waals surface area contributed by atoms with Gasteiger partial charge in [-0.25, -0.2) is 0 Å². The van der Waals surface area contributed by atoms with Gasteiger partial charge in [-0.05, 0) is 24.6 Å². The number of nitrogen functional groups attached to an aromatic ring is 1. The Hall–Kier alpha value is -2.01. The number of halogens is 1. The molecule has 2 rings (SSSR count). The molecule has 6 heteroatoms. The molecule has 0 fully saturated rings. The number of esters is 1. The Morgan fingerprint density at radius 3 is 2.60 bits per heavy atom. The summed E-state index contributed by atoms with van der Waals surface area (Å²) in [4.78, 5) is 11.8. The number of hydrogen-bond donors (Lipinski definition) is 1. The number of nitrogens with zero attached hydrogens (tertiary/aromatic N) is 2. The number of hydrogen-bond acceptors (Lipinski definition) is 4. The number of benzene rings is 1. The van der Waals surface area contributed by atoms with Crippen LogP contribution in [0.3, 0.4) is 0 Å². The van der Waals surface area contributed by atoms with Crippen molar-refractivity contribution in [2.45, 2.75) is 20.0 Å². The van der Waals surface area contributed by atoms with E-state index in [2.05, 4.69) is 5.10 Å². The van der Waals surface area contributed by atoms with Gasteiger partial charge >= 0.3 is 5.97 Å². The van der Waals surface area contributed by atoms with Crippen molar-refractivity contribution in [2.75, 3.05) is 5.73 Å². The Labute approximate surface area is 122 Å². The van der Waals surface area contributed by atoms with E-state index in [0.29, 0.717) is 16.4 Å². The van der Waals surface area contributed by atoms with Crippen molar-refractivity contribution in [3.05, 3.63) is 46.2 Å². The largest absolute Gasteiger partial charge is 0.459 e. The van der Waals surface area contributed by atoms with E-state index in [-0.39, 0.29) is 19.0 Å². The zero-order valence-corrected chi connectivity index (χ0v) is 12.1. The van der Waals surface area contributed by atoms with Gasteiger partial charge in [-0.1, -0.05) is 23.7 Å². The molecule has 0 aliphatic rings. The molecule has 0 saturated carbocycles. The molecule has 0 spiro atoms. The van der Waals surface area contributed by atoms with Crippen LogP contribution in [0.25, 0.3) is 0 Å². The molecule has 0 aliphatic carbocycles. The fourth-order valence-corrected chi connectivity index (χ4v) is 2.05. The summed E-state index contributed by atoms with van der Waals surface area (Å²) >= 11 is 6.09. The Bertz CT molecular complexity index is 620. The number of ether oxygens (including phenoxy) is 1. The number of rotatable bonds is 4. The molecule has 106 valence electrons. The van der Waals surface area contributed by atoms with Gasteiger partial charge in [0.05, 0.1) is 22.8 Å². The number of nitrogens with two attached hydrogens (primary N) is 1. The molecule has 0 saturated heterocycles. The van der Waals surface area contributed by atoms with Gasteiger partial charge in [0.15, 0.2) is 0 Å². The van der Waals surface area contributed by atoms with Gasteiger partial charge in [-0.2, -0.15) is 5.10 Å². The molecule has 1 heterocycles. The molecule has 0 aliphatic heterocycles. The van der Waals surface area contributed by atoms with Crippen LogP contribution >= 0.6 is 11.6 Å². The van der Waals surface area contributed by atoms with Crippen molar-refractivity contribution in [1.82, 2.24) is 9.78 Å². The number of aromatic nitrogens is 2. The van der Waals surface area contributed by atoms with Gasteiger partial charge in [0.2, 0.25) is 0 Å². The van der Waals surface area contributed by atoms with Gasteiger partial charge in [0.1, 0.15) is 6.61 Å². The van der Waals surface area contributed by atoms with E-state index in [9.17, 15) is 4.79 Å². The molecule has 1 aromatic carbocycles. The lowest BCUT2D eigenvalue weighted by molar-refractivity contribution is -0.144. The highest BCUT2D eigenvalue weighted by atomic mass is 35.5. The van der Waals surface area contributed by atoms with Gasteiger partial charge in [0, 0.05) is 12.7 Å². The molecule has 0 unspecified atom stereocenters. The van der Waals surface area contributed by atoms with Crippen LogP contribution in [0.1, 0.15) is 17.0 Å². The monoisotopic (exact) mass is 293 g/mol. The minimum absolute atomic E-state index is 0.115. The van der Waals surface area contributed by atoms with E-state index >= 15 is 0 Å². The highest BCUT2D eigenvalue weighted by Crippen LogP contribution is 2.20. The lowest BCUT2D eigenvalue weighted by Crippen LogP contribution is -2.10. The second kappa shape index (κ2) is 5.96. The first-order valence-corrected chi connectivity index (χ1v) is 6.53. The summed E-state index contributed by atoms with van der Waals surface area (Å²) in [6, 6.07) is 7.11. The van der Waals surface area contributed by atoms with Crippen LogP contribution in [0.15, 0.2) is 24.3 Å². The molecule has 20 heavy (non-hydrogen) atoms. The molecule has 2 N–H and O–H groups in total. The summed E-state index contributed by atoms with van der Waals surface area (Å²) in [6.07, 6.45) is 0.203. The van der Waals surface area contributed by atoms with Gasteiger partial charge in [-0.15, -0.1) is 0 Å². The Morgan fingerprint density at radius 1 is 1.40 bits per heavy atom. The van der Waals surface area contributed by atoms with E-state index in [0.717, 1.165) is 11.3 Å². The topological polar surface area (TPSA) is 70.1 Å². The molecular formula is C14H16ClN3O2. The van der Waals surface area contributed by atoms with Crippen LogP contribution in [0.2, 0.25) is 5.02 Å². The summed E-state index contributed by atoms with van der Waals surface area (Å²) < 4.78 is 6.84. The maximum Gasteiger partial charge on any atom is 0.310 e. The van der Waals surface area contributed by atoms with Crippen molar-refractivity contribution in [3.63, 3.8) is 0 Å². The fraction of sp³-hybridized carbons (Fsp3) is 0.286. The minimum atomic E-state index is -0.315. The highest BCUT2D eigenvalue weighted by Gasteiger charge is 2.13. The number of carbonyl (C=O) groups is 1. The third kappa shape index (κ3) is 3.30. The first-order chi connectivity index (χ1) is 9.47. The van der Waals surface area contributed by atoms with Crippen molar-refractivity contribution < 1.29 is 9.53 Å². The third-order valence-corrected chi connectivity index (χ3v) is 3.45. The number of aryl methyl sites for hydroxylation is 2. The number of carbonyl (C=O) groups excluding carboxylic acids is 1. The molecule has 5 nitrogen and oxygen atoms in total. The van der Waals surface area contributed by atoms with E-state index in [1.54, 1.807) is 36.0 Å². The zero-order chi connectivity index (χ0) is 14.7. The van der Waals surface area contributed by atoms with Crippen LogP contribution in [0.4, 0.5) is 5.69 Å². The van der Waals surface area contributed by atoms with Crippen molar-refractivity contribution in [3.8, 4) is 0 Å². The maximum atomic E-state index is 11.8. The fourth-order valence-electron chi connectivity index (χ4n) is 1.84. The molecule has 1 aromatic heterocycles. The van der Waals surface area contributed by atoms with Crippen molar-refractivity contribution in [1.29, 1.82) is 0 Å². The van der Waals surface area contributed by atoms with Gasteiger partial charge < -0.3 is 10.5 Å². The maximum absolute atomic E-state index is 11.8. The van der Waals surface area contributed by atoms with E-state index < -0.39 is 0 Å². The lowest BCUT2D eigenvalue weighted by Gasteiger charge is -2.06. The lowest BCUT2D eigenvalue weighted by atomic mass is 10.1. The Kier molecular flexibility index (Phi) is 4.29. The summed E-state index contributed by atoms with van der Waals surface area (Å²) in [5.74, 6) is -0.315. The summed E-state index contributed by atoms with van der Waals surface area (Å²) in [6.45, 7) is 1.92. The van der Waals surface area contributed by atoms with Crippen LogP contribution in [-0.4, -0.2) is 15.7 Å². The van der Waals surface area contributed by atoms with Gasteiger partial charge in [0.25, 0.3) is 0 Å². The van der Waals surface area contributed by atoms with E-state index in [4.69, 9.17) is 22.1 Å². The first kappa shape index (κ1) is 14.4. The normalized spacial score (nSPS) is 10.6. The predicted molar refractivity (Wildman–Crippen MR) is 77.3 cm³/mol. The average Bonchev–Trinajstić information content (AvgIpc) is 2.64. The molecule has 2 aromatic rings. The quantitative estimate of drug-likeness (QED) is 0.693. The highest BCUT2D eigenvalue weighted by molar-refractivity contribution is 6.31.